The lowest BCUT2D eigenvalue weighted by Gasteiger charge is -2.23. The molecule has 3 rings (SSSR count). The lowest BCUT2D eigenvalue weighted by molar-refractivity contribution is -0.123. The van der Waals surface area contributed by atoms with Crippen LogP contribution >= 0.6 is 0 Å². The van der Waals surface area contributed by atoms with Gasteiger partial charge < -0.3 is 25.5 Å². The van der Waals surface area contributed by atoms with Crippen LogP contribution < -0.4 is 16.2 Å². The van der Waals surface area contributed by atoms with Gasteiger partial charge in [0, 0.05) is 18.7 Å². The van der Waals surface area contributed by atoms with E-state index in [0.717, 1.165) is 28.9 Å². The van der Waals surface area contributed by atoms with Crippen molar-refractivity contribution in [3.63, 3.8) is 0 Å². The minimum absolute atomic E-state index is 0.118. The molecule has 0 bridgehead atoms. The van der Waals surface area contributed by atoms with Crippen LogP contribution in [0.15, 0.2) is 59.4 Å². The van der Waals surface area contributed by atoms with Crippen molar-refractivity contribution in [2.24, 2.45) is 0 Å². The number of H-pyrrole nitrogens is 1. The van der Waals surface area contributed by atoms with Crippen LogP contribution in [0.3, 0.4) is 0 Å². The van der Waals surface area contributed by atoms with Gasteiger partial charge in [0.25, 0.3) is 5.56 Å². The number of aromatic nitrogens is 2. The van der Waals surface area contributed by atoms with Crippen LogP contribution in [0.2, 0.25) is 0 Å². The number of carbonyl (C=O) groups is 2. The van der Waals surface area contributed by atoms with Gasteiger partial charge in [-0.25, -0.2) is 4.79 Å². The Bertz CT molecular complexity index is 1300. The number of aromatic amines is 1. The van der Waals surface area contributed by atoms with E-state index in [2.05, 4.69) is 20.6 Å². The Kier molecular flexibility index (Phi) is 10.3. The predicted molar refractivity (Wildman–Crippen MR) is 150 cm³/mol. The highest BCUT2D eigenvalue weighted by Gasteiger charge is 2.24. The second-order valence-corrected chi connectivity index (χ2v) is 10.5. The van der Waals surface area contributed by atoms with E-state index >= 15 is 0 Å². The van der Waals surface area contributed by atoms with Gasteiger partial charge >= 0.3 is 6.09 Å². The third-order valence-electron chi connectivity index (χ3n) is 6.05. The number of benzene rings is 2. The van der Waals surface area contributed by atoms with E-state index in [0.29, 0.717) is 31.5 Å². The van der Waals surface area contributed by atoms with E-state index in [1.807, 2.05) is 37.3 Å². The standard InChI is InChI=1S/C30H38N4O5/c1-20-24(33-28(37)25(32-20)17-14-21-9-6-5-7-10-21)11-8-18-31-27(36)26(34-29(38)39-30(2,3)4)19-22-12-15-23(35)16-13-22/h5-7,9-10,12-13,15-16,26,35H,8,11,14,17-19H2,1-4H3,(H,31,36)(H,33,37)(H,34,38)/t26-/m0/s1. The van der Waals surface area contributed by atoms with Crippen LogP contribution in [0.1, 0.15) is 55.4 Å². The molecular formula is C30H38N4O5. The fraction of sp³-hybridized carbons (Fsp3) is 0.400. The van der Waals surface area contributed by atoms with Gasteiger partial charge in [-0.1, -0.05) is 42.5 Å². The third-order valence-corrected chi connectivity index (χ3v) is 6.05. The maximum absolute atomic E-state index is 13.0. The first-order valence-corrected chi connectivity index (χ1v) is 13.2. The number of phenols is 1. The van der Waals surface area contributed by atoms with E-state index in [4.69, 9.17) is 4.74 Å². The largest absolute Gasteiger partial charge is 0.508 e. The highest BCUT2D eigenvalue weighted by molar-refractivity contribution is 5.86. The zero-order valence-corrected chi connectivity index (χ0v) is 23.0. The fourth-order valence-corrected chi connectivity index (χ4v) is 4.07. The number of nitrogens with zero attached hydrogens (tertiary/aromatic N) is 1. The number of ether oxygens (including phenoxy) is 1. The van der Waals surface area contributed by atoms with Crippen molar-refractivity contribution in [3.8, 4) is 5.75 Å². The third kappa shape index (κ3) is 9.92. The number of phenolic OH excluding ortho intramolecular Hbond substituents is 1. The molecule has 208 valence electrons. The number of alkyl carbamates (subject to hydrolysis) is 1. The molecule has 0 fully saturated rings. The Hall–Kier alpha value is -4.14. The predicted octanol–water partition coefficient (Wildman–Crippen LogP) is 3.75. The summed E-state index contributed by atoms with van der Waals surface area (Å²) in [6.07, 6.45) is 1.95. The molecule has 0 aliphatic carbocycles. The number of nitrogens with one attached hydrogen (secondary N) is 3. The summed E-state index contributed by atoms with van der Waals surface area (Å²) in [7, 11) is 0. The molecule has 9 heteroatoms. The SMILES string of the molecule is Cc1nc(CCc2ccccc2)c(=O)[nH]c1CCCNC(=O)[C@H](Cc1ccc(O)cc1)NC(=O)OC(C)(C)C. The summed E-state index contributed by atoms with van der Waals surface area (Å²) in [4.78, 5) is 45.4. The number of aryl methyl sites for hydroxylation is 4. The zero-order valence-electron chi connectivity index (χ0n) is 23.0. The Morgan fingerprint density at radius 3 is 2.36 bits per heavy atom. The Morgan fingerprint density at radius 2 is 1.69 bits per heavy atom. The maximum Gasteiger partial charge on any atom is 0.408 e. The topological polar surface area (TPSA) is 133 Å². The number of aromatic hydroxyl groups is 1. The molecule has 9 nitrogen and oxygen atoms in total. The van der Waals surface area contributed by atoms with Crippen molar-refractivity contribution < 1.29 is 19.4 Å². The molecule has 0 aliphatic rings. The van der Waals surface area contributed by atoms with Crippen LogP contribution in [0.4, 0.5) is 4.79 Å². The summed E-state index contributed by atoms with van der Waals surface area (Å²) < 4.78 is 5.32. The Labute approximate surface area is 229 Å². The van der Waals surface area contributed by atoms with E-state index < -0.39 is 17.7 Å². The van der Waals surface area contributed by atoms with Gasteiger partial charge in [-0.05, 0) is 76.6 Å². The molecule has 0 saturated carbocycles. The van der Waals surface area contributed by atoms with Crippen molar-refractivity contribution in [1.29, 1.82) is 0 Å². The first-order valence-electron chi connectivity index (χ1n) is 13.2. The van der Waals surface area contributed by atoms with Crippen molar-refractivity contribution in [3.05, 3.63) is 93.2 Å². The van der Waals surface area contributed by atoms with E-state index in [1.165, 1.54) is 12.1 Å². The molecule has 1 heterocycles. The molecule has 0 saturated heterocycles. The molecule has 2 amide bonds. The number of hydrogen-bond donors (Lipinski definition) is 4. The lowest BCUT2D eigenvalue weighted by atomic mass is 10.0. The molecule has 39 heavy (non-hydrogen) atoms. The summed E-state index contributed by atoms with van der Waals surface area (Å²) in [5.41, 5.74) is 3.05. The average Bonchev–Trinajstić information content (AvgIpc) is 2.87. The quantitative estimate of drug-likeness (QED) is 0.277. The first-order chi connectivity index (χ1) is 18.5. The van der Waals surface area contributed by atoms with Gasteiger partial charge in [0.15, 0.2) is 0 Å². The van der Waals surface area contributed by atoms with Crippen molar-refractivity contribution in [1.82, 2.24) is 20.6 Å². The molecule has 0 aliphatic heterocycles. The van der Waals surface area contributed by atoms with E-state index in [9.17, 15) is 19.5 Å². The zero-order chi connectivity index (χ0) is 28.4. The lowest BCUT2D eigenvalue weighted by Crippen LogP contribution is -2.49. The molecule has 0 spiro atoms. The monoisotopic (exact) mass is 534 g/mol. The average molecular weight is 535 g/mol. The van der Waals surface area contributed by atoms with Gasteiger partial charge in [0.2, 0.25) is 5.91 Å². The van der Waals surface area contributed by atoms with Gasteiger partial charge in [-0.3, -0.25) is 14.6 Å². The van der Waals surface area contributed by atoms with E-state index in [-0.39, 0.29) is 23.6 Å². The summed E-state index contributed by atoms with van der Waals surface area (Å²) >= 11 is 0. The van der Waals surface area contributed by atoms with Gasteiger partial charge in [-0.2, -0.15) is 0 Å². The van der Waals surface area contributed by atoms with Gasteiger partial charge in [0.1, 0.15) is 23.1 Å². The minimum Gasteiger partial charge on any atom is -0.508 e. The number of rotatable bonds is 11. The van der Waals surface area contributed by atoms with Crippen LogP contribution in [-0.2, 0) is 35.2 Å². The fourth-order valence-electron chi connectivity index (χ4n) is 4.07. The molecule has 0 radical (unpaired) electrons. The van der Waals surface area contributed by atoms with Crippen LogP contribution in [0, 0.1) is 6.92 Å². The summed E-state index contributed by atoms with van der Waals surface area (Å²) in [6, 6.07) is 15.6. The molecule has 3 aromatic rings. The normalized spacial score (nSPS) is 12.0. The molecule has 0 unspecified atom stereocenters. The maximum atomic E-state index is 13.0. The molecule has 1 aromatic heterocycles. The molecular weight excluding hydrogens is 496 g/mol. The summed E-state index contributed by atoms with van der Waals surface area (Å²) in [6.45, 7) is 7.46. The van der Waals surface area contributed by atoms with E-state index in [1.54, 1.807) is 32.9 Å². The number of amides is 2. The van der Waals surface area contributed by atoms with Crippen molar-refractivity contribution >= 4 is 12.0 Å². The molecule has 1 atom stereocenters. The summed E-state index contributed by atoms with van der Waals surface area (Å²) in [5.74, 6) is -0.236. The minimum atomic E-state index is -0.864. The molecule has 2 aromatic carbocycles. The number of carbonyl (C=O) groups excluding carboxylic acids is 2. The van der Waals surface area contributed by atoms with Crippen LogP contribution in [0.25, 0.3) is 0 Å². The molecule has 4 N–H and O–H groups in total. The van der Waals surface area contributed by atoms with Gasteiger partial charge in [-0.15, -0.1) is 0 Å². The van der Waals surface area contributed by atoms with Crippen LogP contribution in [-0.4, -0.2) is 45.3 Å². The smallest absolute Gasteiger partial charge is 0.408 e. The highest BCUT2D eigenvalue weighted by atomic mass is 16.6. The Balaban J connectivity index is 1.55. The second kappa shape index (κ2) is 13.6. The van der Waals surface area contributed by atoms with Crippen molar-refractivity contribution in [2.45, 2.75) is 71.4 Å². The summed E-state index contributed by atoms with van der Waals surface area (Å²) in [5, 5.41) is 15.1. The highest BCUT2D eigenvalue weighted by Crippen LogP contribution is 2.13. The van der Waals surface area contributed by atoms with Gasteiger partial charge in [0.05, 0.1) is 5.69 Å². The number of hydrogen-bond acceptors (Lipinski definition) is 6. The Morgan fingerprint density at radius 1 is 1.00 bits per heavy atom. The second-order valence-electron chi connectivity index (χ2n) is 10.5. The first kappa shape index (κ1) is 29.4. The van der Waals surface area contributed by atoms with Crippen LogP contribution in [0.5, 0.6) is 5.75 Å². The van der Waals surface area contributed by atoms with Crippen molar-refractivity contribution in [2.75, 3.05) is 6.54 Å².